The zero-order chi connectivity index (χ0) is 19.7. The molecule has 4 rings (SSSR count). The number of benzene rings is 1. The van der Waals surface area contributed by atoms with E-state index in [2.05, 4.69) is 30.4 Å². The molecule has 3 atom stereocenters. The van der Waals surface area contributed by atoms with Gasteiger partial charge in [-0.25, -0.2) is 0 Å². The highest BCUT2D eigenvalue weighted by molar-refractivity contribution is 5.87. The van der Waals surface area contributed by atoms with E-state index in [0.29, 0.717) is 6.54 Å². The predicted octanol–water partition coefficient (Wildman–Crippen LogP) is 2.99. The SMILES string of the molecule is CC[C@]1(C(=O)NCc2ccc3c(c2)CCCC3)C[C@H]2CC[C@@H]1N2C(=O)COC. The molecule has 2 fully saturated rings. The summed E-state index contributed by atoms with van der Waals surface area (Å²) in [5.41, 5.74) is 3.63. The summed E-state index contributed by atoms with van der Waals surface area (Å²) in [6.45, 7) is 2.75. The molecule has 1 aliphatic carbocycles. The molecule has 3 aliphatic rings. The van der Waals surface area contributed by atoms with Crippen LogP contribution in [0.4, 0.5) is 0 Å². The first-order valence-corrected chi connectivity index (χ1v) is 10.8. The van der Waals surface area contributed by atoms with Gasteiger partial charge in [0, 0.05) is 25.7 Å². The van der Waals surface area contributed by atoms with Gasteiger partial charge in [0.25, 0.3) is 0 Å². The van der Waals surface area contributed by atoms with Crippen molar-refractivity contribution in [3.8, 4) is 0 Å². The van der Waals surface area contributed by atoms with Crippen LogP contribution in [0, 0.1) is 5.41 Å². The van der Waals surface area contributed by atoms with Gasteiger partial charge in [-0.15, -0.1) is 0 Å². The number of amides is 2. The third-order valence-corrected chi connectivity index (χ3v) is 7.25. The van der Waals surface area contributed by atoms with Crippen molar-refractivity contribution in [3.63, 3.8) is 0 Å². The van der Waals surface area contributed by atoms with Crippen LogP contribution in [0.3, 0.4) is 0 Å². The average molecular weight is 385 g/mol. The van der Waals surface area contributed by atoms with Gasteiger partial charge in [0.05, 0.1) is 5.41 Å². The second kappa shape index (κ2) is 7.86. The Morgan fingerprint density at radius 2 is 2.00 bits per heavy atom. The molecule has 0 spiro atoms. The van der Waals surface area contributed by atoms with Gasteiger partial charge < -0.3 is 15.0 Å². The minimum absolute atomic E-state index is 0.00804. The van der Waals surface area contributed by atoms with Crippen molar-refractivity contribution >= 4 is 11.8 Å². The molecule has 0 saturated carbocycles. The summed E-state index contributed by atoms with van der Waals surface area (Å²) in [5, 5.41) is 3.21. The number of nitrogens with zero attached hydrogens (tertiary/aromatic N) is 1. The molecule has 1 aromatic rings. The van der Waals surface area contributed by atoms with Gasteiger partial charge in [-0.1, -0.05) is 25.1 Å². The Hall–Kier alpha value is -1.88. The molecule has 5 heteroatoms. The van der Waals surface area contributed by atoms with Gasteiger partial charge in [0.15, 0.2) is 0 Å². The molecule has 2 amide bonds. The molecule has 0 radical (unpaired) electrons. The lowest BCUT2D eigenvalue weighted by Crippen LogP contribution is -2.49. The van der Waals surface area contributed by atoms with Crippen LogP contribution in [0.5, 0.6) is 0 Å². The normalized spacial score (nSPS) is 28.3. The number of methoxy groups -OCH3 is 1. The van der Waals surface area contributed by atoms with Crippen LogP contribution >= 0.6 is 0 Å². The van der Waals surface area contributed by atoms with Gasteiger partial charge in [0.1, 0.15) is 6.61 Å². The molecule has 2 bridgehead atoms. The zero-order valence-electron chi connectivity index (χ0n) is 17.1. The van der Waals surface area contributed by atoms with E-state index in [1.165, 1.54) is 36.0 Å². The Labute approximate surface area is 167 Å². The summed E-state index contributed by atoms with van der Waals surface area (Å²) in [5.74, 6) is 0.128. The van der Waals surface area contributed by atoms with Crippen LogP contribution in [0.1, 0.15) is 62.1 Å². The first-order chi connectivity index (χ1) is 13.6. The smallest absolute Gasteiger partial charge is 0.249 e. The number of fused-ring (bicyclic) bond motifs is 3. The summed E-state index contributed by atoms with van der Waals surface area (Å²) in [4.78, 5) is 27.8. The van der Waals surface area contributed by atoms with E-state index in [9.17, 15) is 9.59 Å². The molecule has 2 aliphatic heterocycles. The number of hydrogen-bond donors (Lipinski definition) is 1. The number of carbonyl (C=O) groups excluding carboxylic acids is 2. The predicted molar refractivity (Wildman–Crippen MR) is 108 cm³/mol. The lowest BCUT2D eigenvalue weighted by molar-refractivity contribution is -0.139. The summed E-state index contributed by atoms with van der Waals surface area (Å²) < 4.78 is 5.06. The summed E-state index contributed by atoms with van der Waals surface area (Å²) in [7, 11) is 1.55. The molecule has 0 aromatic heterocycles. The highest BCUT2D eigenvalue weighted by Gasteiger charge is 2.59. The van der Waals surface area contributed by atoms with E-state index in [1.807, 2.05) is 4.90 Å². The van der Waals surface area contributed by atoms with Crippen molar-refractivity contribution in [1.82, 2.24) is 10.2 Å². The molecule has 0 unspecified atom stereocenters. The fourth-order valence-electron chi connectivity index (χ4n) is 5.80. The number of nitrogens with one attached hydrogen (secondary N) is 1. The van der Waals surface area contributed by atoms with Gasteiger partial charge in [-0.2, -0.15) is 0 Å². The van der Waals surface area contributed by atoms with Crippen molar-refractivity contribution in [2.24, 2.45) is 5.41 Å². The van der Waals surface area contributed by atoms with E-state index in [4.69, 9.17) is 4.74 Å². The van der Waals surface area contributed by atoms with Crippen molar-refractivity contribution in [2.75, 3.05) is 13.7 Å². The maximum absolute atomic E-state index is 13.3. The van der Waals surface area contributed by atoms with E-state index in [-0.39, 0.29) is 30.5 Å². The lowest BCUT2D eigenvalue weighted by atomic mass is 9.71. The zero-order valence-corrected chi connectivity index (χ0v) is 17.1. The van der Waals surface area contributed by atoms with Crippen molar-refractivity contribution < 1.29 is 14.3 Å². The van der Waals surface area contributed by atoms with Crippen LogP contribution in [-0.4, -0.2) is 42.5 Å². The monoisotopic (exact) mass is 384 g/mol. The van der Waals surface area contributed by atoms with Crippen LogP contribution in [0.2, 0.25) is 0 Å². The summed E-state index contributed by atoms with van der Waals surface area (Å²) >= 11 is 0. The number of rotatable bonds is 6. The molecule has 2 heterocycles. The lowest BCUT2D eigenvalue weighted by Gasteiger charge is -2.35. The topological polar surface area (TPSA) is 58.6 Å². The Morgan fingerprint density at radius 1 is 1.21 bits per heavy atom. The second-order valence-corrected chi connectivity index (χ2v) is 8.69. The standard InChI is InChI=1S/C23H32N2O3/c1-3-23(13-19-10-11-20(23)25(19)21(26)15-28-2)22(27)24-14-16-8-9-17-6-4-5-7-18(17)12-16/h8-9,12,19-20H,3-7,10-11,13-15H2,1-2H3,(H,24,27)/t19-,20+,23+/m1/s1. The second-order valence-electron chi connectivity index (χ2n) is 8.69. The maximum atomic E-state index is 13.3. The van der Waals surface area contributed by atoms with Crippen molar-refractivity contribution in [1.29, 1.82) is 0 Å². The van der Waals surface area contributed by atoms with Gasteiger partial charge in [-0.05, 0) is 68.1 Å². The Bertz CT molecular complexity index is 762. The van der Waals surface area contributed by atoms with Crippen LogP contribution in [0.15, 0.2) is 18.2 Å². The Balaban J connectivity index is 1.45. The van der Waals surface area contributed by atoms with Gasteiger partial charge in [-0.3, -0.25) is 9.59 Å². The first kappa shape index (κ1) is 19.4. The molecular weight excluding hydrogens is 352 g/mol. The molecule has 5 nitrogen and oxygen atoms in total. The maximum Gasteiger partial charge on any atom is 0.249 e. The largest absolute Gasteiger partial charge is 0.375 e. The third-order valence-electron chi connectivity index (χ3n) is 7.25. The van der Waals surface area contributed by atoms with Crippen LogP contribution in [0.25, 0.3) is 0 Å². The van der Waals surface area contributed by atoms with Crippen molar-refractivity contribution in [2.45, 2.75) is 76.9 Å². The van der Waals surface area contributed by atoms with Crippen LogP contribution < -0.4 is 5.32 Å². The van der Waals surface area contributed by atoms with E-state index >= 15 is 0 Å². The molecule has 152 valence electrons. The van der Waals surface area contributed by atoms with Gasteiger partial charge >= 0.3 is 0 Å². The minimum atomic E-state index is -0.458. The Morgan fingerprint density at radius 3 is 2.75 bits per heavy atom. The van der Waals surface area contributed by atoms with E-state index < -0.39 is 5.41 Å². The number of hydrogen-bond acceptors (Lipinski definition) is 3. The summed E-state index contributed by atoms with van der Waals surface area (Å²) in [6, 6.07) is 6.84. The molecule has 1 N–H and O–H groups in total. The first-order valence-electron chi connectivity index (χ1n) is 10.8. The third kappa shape index (κ3) is 3.24. The fourth-order valence-corrected chi connectivity index (χ4v) is 5.80. The number of carbonyl (C=O) groups is 2. The average Bonchev–Trinajstić information content (AvgIpc) is 3.28. The summed E-state index contributed by atoms with van der Waals surface area (Å²) in [6.07, 6.45) is 8.32. The van der Waals surface area contributed by atoms with Crippen molar-refractivity contribution in [3.05, 3.63) is 34.9 Å². The highest BCUT2D eigenvalue weighted by Crippen LogP contribution is 2.52. The molecular formula is C23H32N2O3. The Kier molecular flexibility index (Phi) is 5.46. The van der Waals surface area contributed by atoms with E-state index in [1.54, 1.807) is 7.11 Å². The molecule has 1 aromatic carbocycles. The minimum Gasteiger partial charge on any atom is -0.375 e. The van der Waals surface area contributed by atoms with Gasteiger partial charge in [0.2, 0.25) is 11.8 Å². The highest BCUT2D eigenvalue weighted by atomic mass is 16.5. The molecule has 2 saturated heterocycles. The number of aryl methyl sites for hydroxylation is 2. The van der Waals surface area contributed by atoms with Crippen LogP contribution in [-0.2, 0) is 33.7 Å². The van der Waals surface area contributed by atoms with E-state index in [0.717, 1.165) is 32.1 Å². The fraction of sp³-hybridized carbons (Fsp3) is 0.652. The quantitative estimate of drug-likeness (QED) is 0.820. The number of ether oxygens (including phenoxy) is 1. The molecule has 28 heavy (non-hydrogen) atoms.